The number of halogens is 1. The number of hydrogen-bond donors (Lipinski definition) is 1. The van der Waals surface area contributed by atoms with Gasteiger partial charge in [-0.2, -0.15) is 0 Å². The lowest BCUT2D eigenvalue weighted by molar-refractivity contribution is 0.0524. The van der Waals surface area contributed by atoms with Gasteiger partial charge in [-0.25, -0.2) is 9.78 Å². The minimum Gasteiger partial charge on any atom is -0.462 e. The van der Waals surface area contributed by atoms with Crippen LogP contribution in [-0.2, 0) is 4.74 Å². The van der Waals surface area contributed by atoms with Crippen LogP contribution in [0.5, 0.6) is 0 Å². The van der Waals surface area contributed by atoms with Gasteiger partial charge >= 0.3 is 5.97 Å². The first-order chi connectivity index (χ1) is 8.15. The monoisotopic (exact) mass is 252 g/mol. The molecule has 0 spiro atoms. The number of fused-ring (bicyclic) bond motifs is 1. The molecule has 88 valence electrons. The van der Waals surface area contributed by atoms with Crippen molar-refractivity contribution in [2.45, 2.75) is 6.92 Å². The average molecular weight is 253 g/mol. The number of pyridine rings is 2. The summed E-state index contributed by atoms with van der Waals surface area (Å²) < 4.78 is 4.77. The van der Waals surface area contributed by atoms with Crippen LogP contribution in [0, 0.1) is 0 Å². The molecule has 2 rings (SSSR count). The van der Waals surface area contributed by atoms with Gasteiger partial charge in [0, 0.05) is 11.6 Å². The van der Waals surface area contributed by atoms with E-state index in [2.05, 4.69) is 9.97 Å². The number of ether oxygens (including phenoxy) is 1. The van der Waals surface area contributed by atoms with E-state index >= 15 is 0 Å². The molecule has 2 aromatic heterocycles. The lowest BCUT2D eigenvalue weighted by Crippen LogP contribution is -2.20. The van der Waals surface area contributed by atoms with E-state index in [1.807, 2.05) is 0 Å². The van der Waals surface area contributed by atoms with Crippen LogP contribution < -0.4 is 5.56 Å². The number of rotatable bonds is 2. The molecule has 17 heavy (non-hydrogen) atoms. The Morgan fingerprint density at radius 2 is 2.35 bits per heavy atom. The zero-order chi connectivity index (χ0) is 12.4. The number of carbonyl (C=O) groups is 1. The van der Waals surface area contributed by atoms with Crippen molar-refractivity contribution in [2.75, 3.05) is 6.61 Å². The van der Waals surface area contributed by atoms with Crippen molar-refractivity contribution in [3.8, 4) is 0 Å². The van der Waals surface area contributed by atoms with Gasteiger partial charge < -0.3 is 9.72 Å². The number of nitrogens with one attached hydrogen (secondary N) is 1. The molecule has 0 unspecified atom stereocenters. The van der Waals surface area contributed by atoms with E-state index in [1.54, 1.807) is 19.1 Å². The Balaban J connectivity index is 2.72. The summed E-state index contributed by atoms with van der Waals surface area (Å²) in [5, 5.41) is 0.576. The summed E-state index contributed by atoms with van der Waals surface area (Å²) in [6, 6.07) is 3.34. The molecule has 6 heteroatoms. The second kappa shape index (κ2) is 4.55. The van der Waals surface area contributed by atoms with Gasteiger partial charge in [0.25, 0.3) is 5.56 Å². The third kappa shape index (κ3) is 2.01. The van der Waals surface area contributed by atoms with Crippen molar-refractivity contribution >= 4 is 28.6 Å². The van der Waals surface area contributed by atoms with Crippen LogP contribution in [0.2, 0.25) is 5.02 Å². The fourth-order valence-corrected chi connectivity index (χ4v) is 1.79. The number of esters is 1. The molecule has 0 radical (unpaired) electrons. The Bertz CT molecular complexity index is 636. The summed E-state index contributed by atoms with van der Waals surface area (Å²) in [5.74, 6) is -0.732. The quantitative estimate of drug-likeness (QED) is 0.827. The first-order valence-corrected chi connectivity index (χ1v) is 5.36. The van der Waals surface area contributed by atoms with E-state index in [0.717, 1.165) is 0 Å². The van der Waals surface area contributed by atoms with Crippen LogP contribution >= 0.6 is 11.6 Å². The number of aromatic nitrogens is 2. The predicted octanol–water partition coefficient (Wildman–Crippen LogP) is 1.75. The van der Waals surface area contributed by atoms with Crippen LogP contribution in [0.4, 0.5) is 0 Å². The Hall–Kier alpha value is -1.88. The molecular formula is C11H9ClN2O3. The molecule has 1 N–H and O–H groups in total. The van der Waals surface area contributed by atoms with E-state index in [-0.39, 0.29) is 17.2 Å². The zero-order valence-corrected chi connectivity index (χ0v) is 9.75. The molecule has 0 aliphatic rings. The van der Waals surface area contributed by atoms with Gasteiger partial charge in [0.1, 0.15) is 11.2 Å². The molecular weight excluding hydrogens is 244 g/mol. The topological polar surface area (TPSA) is 72.0 Å². The third-order valence-electron chi connectivity index (χ3n) is 2.20. The summed E-state index contributed by atoms with van der Waals surface area (Å²) in [4.78, 5) is 29.7. The van der Waals surface area contributed by atoms with Crippen LogP contribution in [0.25, 0.3) is 11.0 Å². The number of carbonyl (C=O) groups excluding carboxylic acids is 1. The van der Waals surface area contributed by atoms with Gasteiger partial charge in [0.15, 0.2) is 0 Å². The highest BCUT2D eigenvalue weighted by atomic mass is 35.5. The Labute approximate surface area is 101 Å². The fourth-order valence-electron chi connectivity index (χ4n) is 1.47. The van der Waals surface area contributed by atoms with Crippen LogP contribution in [0.1, 0.15) is 17.3 Å². The number of hydrogen-bond acceptors (Lipinski definition) is 4. The summed E-state index contributed by atoms with van der Waals surface area (Å²) in [6.07, 6.45) is 1.53. The molecule has 2 aromatic rings. The largest absolute Gasteiger partial charge is 0.462 e. The summed E-state index contributed by atoms with van der Waals surface area (Å²) in [6.45, 7) is 1.84. The second-order valence-electron chi connectivity index (χ2n) is 3.26. The first-order valence-electron chi connectivity index (χ1n) is 4.98. The first kappa shape index (κ1) is 11.6. The molecule has 0 atom stereocenters. The molecule has 0 bridgehead atoms. The Morgan fingerprint density at radius 1 is 1.59 bits per heavy atom. The zero-order valence-electron chi connectivity index (χ0n) is 8.99. The van der Waals surface area contributed by atoms with Crippen molar-refractivity contribution in [2.24, 2.45) is 0 Å². The minimum absolute atomic E-state index is 0.0651. The van der Waals surface area contributed by atoms with Crippen molar-refractivity contribution in [3.63, 3.8) is 0 Å². The van der Waals surface area contributed by atoms with Gasteiger partial charge in [-0.1, -0.05) is 11.6 Å². The molecule has 0 amide bonds. The molecule has 0 aromatic carbocycles. The highest BCUT2D eigenvalue weighted by Crippen LogP contribution is 2.22. The standard InChI is InChI=1S/C11H9ClN2O3/c1-2-17-11(16)7-8(12)6-4-3-5-13-9(6)14-10(7)15/h3-5H,2H2,1H3,(H,13,14,15). The normalized spacial score (nSPS) is 10.5. The smallest absolute Gasteiger partial charge is 0.345 e. The van der Waals surface area contributed by atoms with E-state index in [1.165, 1.54) is 6.20 Å². The van der Waals surface area contributed by atoms with E-state index in [0.29, 0.717) is 11.0 Å². The Kier molecular flexibility index (Phi) is 3.10. The van der Waals surface area contributed by atoms with Crippen molar-refractivity contribution in [3.05, 3.63) is 39.3 Å². The SMILES string of the molecule is CCOC(=O)c1c(Cl)c2cccnc2[nH]c1=O. The fraction of sp³-hybridized carbons (Fsp3) is 0.182. The molecule has 0 aliphatic heterocycles. The summed E-state index contributed by atoms with van der Waals surface area (Å²) in [7, 11) is 0. The maximum atomic E-state index is 11.7. The summed E-state index contributed by atoms with van der Waals surface area (Å²) in [5.41, 5.74) is -0.441. The number of aromatic amines is 1. The maximum Gasteiger partial charge on any atom is 0.345 e. The van der Waals surface area contributed by atoms with Gasteiger partial charge in [0.2, 0.25) is 0 Å². The van der Waals surface area contributed by atoms with Crippen LogP contribution in [0.15, 0.2) is 23.1 Å². The van der Waals surface area contributed by atoms with E-state index in [9.17, 15) is 9.59 Å². The molecule has 0 saturated carbocycles. The molecule has 2 heterocycles. The van der Waals surface area contributed by atoms with Gasteiger partial charge in [-0.05, 0) is 19.1 Å². The maximum absolute atomic E-state index is 11.7. The Morgan fingerprint density at radius 3 is 3.06 bits per heavy atom. The van der Waals surface area contributed by atoms with Gasteiger partial charge in [-0.15, -0.1) is 0 Å². The second-order valence-corrected chi connectivity index (χ2v) is 3.64. The van der Waals surface area contributed by atoms with Crippen molar-refractivity contribution in [1.82, 2.24) is 9.97 Å². The van der Waals surface area contributed by atoms with Crippen LogP contribution in [0.3, 0.4) is 0 Å². The molecule has 0 saturated heterocycles. The highest BCUT2D eigenvalue weighted by molar-refractivity contribution is 6.38. The predicted molar refractivity (Wildman–Crippen MR) is 63.3 cm³/mol. The lowest BCUT2D eigenvalue weighted by Gasteiger charge is -2.05. The number of nitrogens with zero attached hydrogens (tertiary/aromatic N) is 1. The summed E-state index contributed by atoms with van der Waals surface area (Å²) >= 11 is 6.02. The van der Waals surface area contributed by atoms with Crippen molar-refractivity contribution < 1.29 is 9.53 Å². The third-order valence-corrected chi connectivity index (χ3v) is 2.59. The average Bonchev–Trinajstić information content (AvgIpc) is 2.29. The van der Waals surface area contributed by atoms with Gasteiger partial charge in [-0.3, -0.25) is 4.79 Å². The van der Waals surface area contributed by atoms with Gasteiger partial charge in [0.05, 0.1) is 11.6 Å². The van der Waals surface area contributed by atoms with Crippen LogP contribution in [-0.4, -0.2) is 22.5 Å². The van der Waals surface area contributed by atoms with E-state index in [4.69, 9.17) is 16.3 Å². The lowest BCUT2D eigenvalue weighted by atomic mass is 10.2. The molecule has 0 aliphatic carbocycles. The number of H-pyrrole nitrogens is 1. The van der Waals surface area contributed by atoms with E-state index < -0.39 is 11.5 Å². The highest BCUT2D eigenvalue weighted by Gasteiger charge is 2.19. The van der Waals surface area contributed by atoms with Crippen molar-refractivity contribution in [1.29, 1.82) is 0 Å². The molecule has 0 fully saturated rings. The minimum atomic E-state index is -0.732. The molecule has 5 nitrogen and oxygen atoms in total.